The van der Waals surface area contributed by atoms with Crippen LogP contribution in [-0.4, -0.2) is 23.2 Å². The minimum Gasteiger partial charge on any atom is -0.481 e. The molecule has 2 aromatic rings. The van der Waals surface area contributed by atoms with E-state index in [0.29, 0.717) is 11.1 Å². The predicted octanol–water partition coefficient (Wildman–Crippen LogP) is 5.92. The molecule has 4 nitrogen and oxygen atoms in total. The number of aryl methyl sites for hydroxylation is 1. The van der Waals surface area contributed by atoms with Gasteiger partial charge in [0.05, 0.1) is 22.5 Å². The number of rotatable bonds is 8. The van der Waals surface area contributed by atoms with Crippen LogP contribution in [0.3, 0.4) is 0 Å². The van der Waals surface area contributed by atoms with Crippen molar-refractivity contribution in [2.45, 2.75) is 31.9 Å². The zero-order chi connectivity index (χ0) is 22.5. The highest BCUT2D eigenvalue weighted by Gasteiger charge is 2.45. The van der Waals surface area contributed by atoms with Crippen molar-refractivity contribution in [3.63, 3.8) is 0 Å². The number of anilines is 1. The summed E-state index contributed by atoms with van der Waals surface area (Å²) in [6.07, 6.45) is -2.97. The molecule has 0 heterocycles. The summed E-state index contributed by atoms with van der Waals surface area (Å²) in [6.45, 7) is 4.56. The van der Waals surface area contributed by atoms with E-state index in [1.165, 1.54) is 24.3 Å². The van der Waals surface area contributed by atoms with Crippen molar-refractivity contribution in [3.8, 4) is 0 Å². The summed E-state index contributed by atoms with van der Waals surface area (Å²) >= 11 is 6.10. The molecule has 0 aromatic heterocycles. The van der Waals surface area contributed by atoms with Crippen molar-refractivity contribution < 1.29 is 27.9 Å². The molecule has 30 heavy (non-hydrogen) atoms. The number of nitrogens with one attached hydrogen (secondary N) is 1. The molecular weight excluding hydrogens is 419 g/mol. The van der Waals surface area contributed by atoms with Gasteiger partial charge in [-0.25, -0.2) is 0 Å². The zero-order valence-corrected chi connectivity index (χ0v) is 16.9. The molecule has 2 aromatic carbocycles. The van der Waals surface area contributed by atoms with Gasteiger partial charge in [-0.3, -0.25) is 9.59 Å². The van der Waals surface area contributed by atoms with Crippen molar-refractivity contribution in [3.05, 3.63) is 70.8 Å². The van der Waals surface area contributed by atoms with E-state index in [-0.39, 0.29) is 29.1 Å². The molecule has 0 bridgehead atoms. The van der Waals surface area contributed by atoms with Crippen LogP contribution in [0.15, 0.2) is 49.0 Å². The van der Waals surface area contributed by atoms with Gasteiger partial charge in [0.1, 0.15) is 0 Å². The Morgan fingerprint density at radius 2 is 1.83 bits per heavy atom. The second-order valence-electron chi connectivity index (χ2n) is 6.88. The number of carbonyl (C=O) groups excluding carboxylic acids is 1. The highest BCUT2D eigenvalue weighted by Crippen LogP contribution is 2.38. The van der Waals surface area contributed by atoms with Gasteiger partial charge in [-0.1, -0.05) is 61.5 Å². The van der Waals surface area contributed by atoms with Crippen molar-refractivity contribution in [2.24, 2.45) is 5.92 Å². The molecule has 2 rings (SSSR count). The number of carbonyl (C=O) groups is 2. The number of benzene rings is 2. The van der Waals surface area contributed by atoms with Crippen LogP contribution in [0.1, 0.15) is 36.0 Å². The molecule has 0 saturated carbocycles. The minimum atomic E-state index is -4.59. The van der Waals surface area contributed by atoms with Crippen LogP contribution in [-0.2, 0) is 16.0 Å². The molecular formula is C22H21ClF3NO3. The summed E-state index contributed by atoms with van der Waals surface area (Å²) in [5.41, 5.74) is 1.65. The van der Waals surface area contributed by atoms with E-state index < -0.39 is 29.9 Å². The van der Waals surface area contributed by atoms with E-state index in [1.807, 2.05) is 0 Å². The Morgan fingerprint density at radius 1 is 1.20 bits per heavy atom. The summed E-state index contributed by atoms with van der Waals surface area (Å²) in [5, 5.41) is 11.4. The number of amides is 1. The van der Waals surface area contributed by atoms with Crippen molar-refractivity contribution >= 4 is 35.2 Å². The van der Waals surface area contributed by atoms with E-state index in [9.17, 15) is 22.8 Å². The summed E-state index contributed by atoms with van der Waals surface area (Å²) in [5.74, 6) is -5.29. The fourth-order valence-corrected chi connectivity index (χ4v) is 3.15. The first-order valence-corrected chi connectivity index (χ1v) is 9.51. The molecule has 0 spiro atoms. The van der Waals surface area contributed by atoms with Crippen LogP contribution < -0.4 is 5.32 Å². The van der Waals surface area contributed by atoms with Gasteiger partial charge in [0, 0.05) is 6.42 Å². The fraction of sp³-hybridized carbons (Fsp3) is 0.273. The maximum atomic E-state index is 13.5. The summed E-state index contributed by atoms with van der Waals surface area (Å²) in [6, 6.07) is 10.7. The average Bonchev–Trinajstić information content (AvgIpc) is 2.68. The maximum absolute atomic E-state index is 13.5. The molecule has 2 N–H and O–H groups in total. The van der Waals surface area contributed by atoms with Gasteiger partial charge in [-0.15, -0.1) is 0 Å². The summed E-state index contributed by atoms with van der Waals surface area (Å²) < 4.78 is 40.4. The molecule has 2 atom stereocenters. The van der Waals surface area contributed by atoms with Gasteiger partial charge in [-0.05, 0) is 35.2 Å². The molecule has 8 heteroatoms. The van der Waals surface area contributed by atoms with Crippen LogP contribution >= 0.6 is 11.6 Å². The third-order valence-corrected chi connectivity index (χ3v) is 5.08. The smallest absolute Gasteiger partial charge is 0.392 e. The Balaban J connectivity index is 2.35. The lowest BCUT2D eigenvalue weighted by Gasteiger charge is -2.26. The topological polar surface area (TPSA) is 66.4 Å². The largest absolute Gasteiger partial charge is 0.481 e. The Labute approximate surface area is 177 Å². The van der Waals surface area contributed by atoms with Gasteiger partial charge in [-0.2, -0.15) is 13.2 Å². The standard InChI is InChI=1S/C22H21ClF3NO3/c1-3-14-4-8-16(9-5-14)20(13(2)22(24,25)26)21(30)27-18-12-15(6-10-17(18)23)7-11-19(28)29/h3-6,8-10,12-13,20H,1,7,11H2,2H3,(H,27,30)(H,28,29). The van der Waals surface area contributed by atoms with E-state index >= 15 is 0 Å². The molecule has 0 aliphatic rings. The second-order valence-corrected chi connectivity index (χ2v) is 7.28. The Kier molecular flexibility index (Phi) is 7.67. The Bertz CT molecular complexity index is 926. The molecule has 0 saturated heterocycles. The number of hydrogen-bond acceptors (Lipinski definition) is 2. The first-order valence-electron chi connectivity index (χ1n) is 9.13. The normalized spacial score (nSPS) is 13.4. The van der Waals surface area contributed by atoms with Gasteiger partial charge in [0.15, 0.2) is 0 Å². The highest BCUT2D eigenvalue weighted by atomic mass is 35.5. The summed E-state index contributed by atoms with van der Waals surface area (Å²) in [4.78, 5) is 23.7. The highest BCUT2D eigenvalue weighted by molar-refractivity contribution is 6.33. The Morgan fingerprint density at radius 3 is 2.37 bits per heavy atom. The third-order valence-electron chi connectivity index (χ3n) is 4.75. The molecule has 0 fully saturated rings. The SMILES string of the molecule is C=Cc1ccc(C(C(=O)Nc2cc(CCC(=O)O)ccc2Cl)C(C)C(F)(F)F)cc1. The predicted molar refractivity (Wildman–Crippen MR) is 111 cm³/mol. The van der Waals surface area contributed by atoms with E-state index in [4.69, 9.17) is 16.7 Å². The number of carboxylic acids is 1. The number of carboxylic acid groups (broad SMARTS) is 1. The molecule has 0 aliphatic heterocycles. The van der Waals surface area contributed by atoms with Crippen LogP contribution in [0.2, 0.25) is 5.02 Å². The molecule has 0 aliphatic carbocycles. The van der Waals surface area contributed by atoms with Crippen LogP contribution in [0.5, 0.6) is 0 Å². The molecule has 2 unspecified atom stereocenters. The first kappa shape index (κ1) is 23.5. The van der Waals surface area contributed by atoms with Crippen LogP contribution in [0.25, 0.3) is 6.08 Å². The molecule has 160 valence electrons. The monoisotopic (exact) mass is 439 g/mol. The van der Waals surface area contributed by atoms with E-state index in [2.05, 4.69) is 11.9 Å². The minimum absolute atomic E-state index is 0.127. The van der Waals surface area contributed by atoms with Crippen LogP contribution in [0.4, 0.5) is 18.9 Å². The van der Waals surface area contributed by atoms with Crippen molar-refractivity contribution in [2.75, 3.05) is 5.32 Å². The lowest BCUT2D eigenvalue weighted by Crippen LogP contribution is -2.34. The fourth-order valence-electron chi connectivity index (χ4n) is 2.98. The lowest BCUT2D eigenvalue weighted by atomic mass is 9.85. The number of aliphatic carboxylic acids is 1. The van der Waals surface area contributed by atoms with Gasteiger partial charge >= 0.3 is 12.1 Å². The average molecular weight is 440 g/mol. The van der Waals surface area contributed by atoms with E-state index in [0.717, 1.165) is 6.92 Å². The zero-order valence-electron chi connectivity index (χ0n) is 16.2. The van der Waals surface area contributed by atoms with Gasteiger partial charge in [0.2, 0.25) is 5.91 Å². The summed E-state index contributed by atoms with van der Waals surface area (Å²) in [7, 11) is 0. The number of alkyl halides is 3. The van der Waals surface area contributed by atoms with Gasteiger partial charge in [0.25, 0.3) is 0 Å². The van der Waals surface area contributed by atoms with Crippen LogP contribution in [0, 0.1) is 5.92 Å². The quantitative estimate of drug-likeness (QED) is 0.536. The molecule has 1 amide bonds. The first-order chi connectivity index (χ1) is 14.0. The van der Waals surface area contributed by atoms with E-state index in [1.54, 1.807) is 24.3 Å². The molecule has 0 radical (unpaired) electrons. The second kappa shape index (κ2) is 9.80. The maximum Gasteiger partial charge on any atom is 0.392 e. The third kappa shape index (κ3) is 6.10. The number of hydrogen-bond donors (Lipinski definition) is 2. The van der Waals surface area contributed by atoms with Gasteiger partial charge < -0.3 is 10.4 Å². The number of halogens is 4. The lowest BCUT2D eigenvalue weighted by molar-refractivity contribution is -0.178. The van der Waals surface area contributed by atoms with Crippen molar-refractivity contribution in [1.82, 2.24) is 0 Å². The van der Waals surface area contributed by atoms with Crippen molar-refractivity contribution in [1.29, 1.82) is 0 Å². The Hall–Kier alpha value is -2.80.